The van der Waals surface area contributed by atoms with Gasteiger partial charge in [0.25, 0.3) is 0 Å². The second kappa shape index (κ2) is 8.39. The van der Waals surface area contributed by atoms with Gasteiger partial charge in [0.05, 0.1) is 16.8 Å². The summed E-state index contributed by atoms with van der Waals surface area (Å²) in [6.45, 7) is 0.610. The predicted molar refractivity (Wildman–Crippen MR) is 92.8 cm³/mol. The molecule has 0 bridgehead atoms. The van der Waals surface area contributed by atoms with Crippen LogP contribution in [-0.2, 0) is 29.2 Å². The van der Waals surface area contributed by atoms with Crippen molar-refractivity contribution in [1.29, 1.82) is 0 Å². The Kier molecular flexibility index (Phi) is 5.74. The van der Waals surface area contributed by atoms with Crippen LogP contribution in [0.1, 0.15) is 16.0 Å². The molecule has 128 valence electrons. The molecule has 3 aromatic rings. The number of aromatic nitrogens is 1. The maximum absolute atomic E-state index is 12.9. The summed E-state index contributed by atoms with van der Waals surface area (Å²) in [6.07, 6.45) is 1.89. The first-order valence-electron chi connectivity index (χ1n) is 7.68. The molecule has 0 spiro atoms. The van der Waals surface area contributed by atoms with Gasteiger partial charge in [-0.25, -0.2) is 4.39 Å². The number of ether oxygens (including phenoxy) is 2. The lowest BCUT2D eigenvalue weighted by Crippen LogP contribution is -2.07. The van der Waals surface area contributed by atoms with Gasteiger partial charge in [-0.2, -0.15) is 0 Å². The molecule has 0 saturated heterocycles. The molecule has 1 heterocycles. The molecule has 6 heteroatoms. The molecule has 0 aliphatic rings. The van der Waals surface area contributed by atoms with Crippen molar-refractivity contribution >= 4 is 17.3 Å². The van der Waals surface area contributed by atoms with Gasteiger partial charge in [0, 0.05) is 6.20 Å². The monoisotopic (exact) mass is 357 g/mol. The summed E-state index contributed by atoms with van der Waals surface area (Å²) in [5.74, 6) is 0.134. The van der Waals surface area contributed by atoms with Crippen LogP contribution in [0.4, 0.5) is 4.39 Å². The smallest absolute Gasteiger partial charge is 0.310 e. The summed E-state index contributed by atoms with van der Waals surface area (Å²) in [5.41, 5.74) is 3.44. The van der Waals surface area contributed by atoms with Crippen molar-refractivity contribution in [2.75, 3.05) is 0 Å². The number of esters is 1. The summed E-state index contributed by atoms with van der Waals surface area (Å²) in [6, 6.07) is 13.4. The minimum absolute atomic E-state index is 0.205. The summed E-state index contributed by atoms with van der Waals surface area (Å²) >= 11 is 1.45. The van der Waals surface area contributed by atoms with Gasteiger partial charge < -0.3 is 9.47 Å². The minimum atomic E-state index is -0.284. The predicted octanol–water partition coefficient (Wildman–Crippen LogP) is 4.15. The Morgan fingerprint density at radius 1 is 1.00 bits per heavy atom. The molecule has 0 amide bonds. The molecule has 0 aliphatic carbocycles. The first kappa shape index (κ1) is 17.1. The number of halogens is 1. The van der Waals surface area contributed by atoms with Crippen molar-refractivity contribution in [3.8, 4) is 5.75 Å². The van der Waals surface area contributed by atoms with Crippen LogP contribution >= 0.6 is 11.3 Å². The number of carbonyl (C=O) groups is 1. The average Bonchev–Trinajstić information content (AvgIpc) is 3.14. The number of hydrogen-bond acceptors (Lipinski definition) is 5. The van der Waals surface area contributed by atoms with E-state index in [1.54, 1.807) is 36.0 Å². The average molecular weight is 357 g/mol. The van der Waals surface area contributed by atoms with Crippen molar-refractivity contribution in [2.24, 2.45) is 0 Å². The van der Waals surface area contributed by atoms with E-state index in [0.29, 0.717) is 12.4 Å². The molecule has 0 saturated carbocycles. The molecule has 0 N–H and O–H groups in total. The molecule has 25 heavy (non-hydrogen) atoms. The second-order valence-corrected chi connectivity index (χ2v) is 6.34. The van der Waals surface area contributed by atoms with Crippen LogP contribution in [0.5, 0.6) is 5.75 Å². The van der Waals surface area contributed by atoms with Crippen molar-refractivity contribution in [3.63, 3.8) is 0 Å². The third kappa shape index (κ3) is 5.39. The lowest BCUT2D eigenvalue weighted by molar-refractivity contribution is -0.144. The summed E-state index contributed by atoms with van der Waals surface area (Å²) in [7, 11) is 0. The fraction of sp³-hybridized carbons (Fsp3) is 0.158. The number of thiazole rings is 1. The molecule has 2 aromatic carbocycles. The molecular formula is C19H16FNO3S. The Labute approximate surface area is 148 Å². The van der Waals surface area contributed by atoms with E-state index < -0.39 is 0 Å². The van der Waals surface area contributed by atoms with Crippen LogP contribution in [0.15, 0.2) is 60.2 Å². The van der Waals surface area contributed by atoms with E-state index in [2.05, 4.69) is 4.98 Å². The normalized spacial score (nSPS) is 10.4. The fourth-order valence-corrected chi connectivity index (χ4v) is 2.64. The molecule has 0 aliphatic heterocycles. The van der Waals surface area contributed by atoms with E-state index in [1.807, 2.05) is 12.1 Å². The number of hydrogen-bond donors (Lipinski definition) is 0. The maximum Gasteiger partial charge on any atom is 0.310 e. The van der Waals surface area contributed by atoms with E-state index >= 15 is 0 Å². The highest BCUT2D eigenvalue weighted by atomic mass is 32.1. The lowest BCUT2D eigenvalue weighted by Gasteiger charge is -2.08. The molecular weight excluding hydrogens is 341 g/mol. The summed E-state index contributed by atoms with van der Waals surface area (Å²) in [4.78, 5) is 16.7. The van der Waals surface area contributed by atoms with Crippen LogP contribution < -0.4 is 4.74 Å². The Morgan fingerprint density at radius 2 is 1.72 bits per heavy atom. The van der Waals surface area contributed by atoms with Gasteiger partial charge in [0.2, 0.25) is 0 Å². The zero-order valence-corrected chi connectivity index (χ0v) is 14.2. The standard InChI is InChI=1S/C19H16FNO3S/c20-16-5-1-15(2-6-16)11-23-17-7-3-14(4-8-17)9-19(22)24-12-18-10-21-13-25-18/h1-8,10,13H,9,11-12H2. The fourth-order valence-electron chi connectivity index (χ4n) is 2.13. The van der Waals surface area contributed by atoms with Crippen molar-refractivity contribution in [1.82, 2.24) is 4.98 Å². The van der Waals surface area contributed by atoms with E-state index in [9.17, 15) is 9.18 Å². The topological polar surface area (TPSA) is 48.4 Å². The summed E-state index contributed by atoms with van der Waals surface area (Å²) < 4.78 is 23.7. The lowest BCUT2D eigenvalue weighted by atomic mass is 10.1. The zero-order chi connectivity index (χ0) is 17.5. The van der Waals surface area contributed by atoms with Crippen LogP contribution in [0.2, 0.25) is 0 Å². The molecule has 1 aromatic heterocycles. The van der Waals surface area contributed by atoms with Crippen molar-refractivity contribution < 1.29 is 18.7 Å². The highest BCUT2D eigenvalue weighted by Gasteiger charge is 2.06. The number of carbonyl (C=O) groups excluding carboxylic acids is 1. The van der Waals surface area contributed by atoms with Gasteiger partial charge in [0.15, 0.2) is 0 Å². The first-order chi connectivity index (χ1) is 12.2. The molecule has 0 atom stereocenters. The molecule has 0 fully saturated rings. The van der Waals surface area contributed by atoms with Crippen molar-refractivity contribution in [3.05, 3.63) is 82.1 Å². The molecule has 3 rings (SSSR count). The first-order valence-corrected chi connectivity index (χ1v) is 8.56. The van der Waals surface area contributed by atoms with E-state index in [0.717, 1.165) is 16.0 Å². The Hall–Kier alpha value is -2.73. The van der Waals surface area contributed by atoms with Gasteiger partial charge >= 0.3 is 5.97 Å². The highest BCUT2D eigenvalue weighted by molar-refractivity contribution is 7.09. The van der Waals surface area contributed by atoms with Crippen LogP contribution in [0.25, 0.3) is 0 Å². The summed E-state index contributed by atoms with van der Waals surface area (Å²) in [5, 5.41) is 0. The molecule has 4 nitrogen and oxygen atoms in total. The van der Waals surface area contributed by atoms with E-state index in [-0.39, 0.29) is 24.8 Å². The van der Waals surface area contributed by atoms with E-state index in [4.69, 9.17) is 9.47 Å². The minimum Gasteiger partial charge on any atom is -0.489 e. The number of nitrogens with zero attached hydrogens (tertiary/aromatic N) is 1. The largest absolute Gasteiger partial charge is 0.489 e. The van der Waals surface area contributed by atoms with E-state index in [1.165, 1.54) is 23.5 Å². The second-order valence-electron chi connectivity index (χ2n) is 5.36. The SMILES string of the molecule is O=C(Cc1ccc(OCc2ccc(F)cc2)cc1)OCc1cncs1. The van der Waals surface area contributed by atoms with Gasteiger partial charge in [-0.05, 0) is 35.4 Å². The van der Waals surface area contributed by atoms with Gasteiger partial charge in [0.1, 0.15) is 24.8 Å². The molecule has 0 radical (unpaired) electrons. The van der Waals surface area contributed by atoms with Crippen LogP contribution in [0, 0.1) is 5.82 Å². The zero-order valence-electron chi connectivity index (χ0n) is 13.4. The van der Waals surface area contributed by atoms with Crippen LogP contribution in [-0.4, -0.2) is 11.0 Å². The van der Waals surface area contributed by atoms with Gasteiger partial charge in [-0.15, -0.1) is 11.3 Å². The quantitative estimate of drug-likeness (QED) is 0.596. The number of rotatable bonds is 7. The maximum atomic E-state index is 12.9. The Balaban J connectivity index is 1.46. The highest BCUT2D eigenvalue weighted by Crippen LogP contribution is 2.15. The third-order valence-corrected chi connectivity index (χ3v) is 4.20. The Morgan fingerprint density at radius 3 is 2.40 bits per heavy atom. The van der Waals surface area contributed by atoms with Crippen LogP contribution in [0.3, 0.4) is 0 Å². The molecule has 0 unspecified atom stereocenters. The third-order valence-electron chi connectivity index (χ3n) is 3.45. The van der Waals surface area contributed by atoms with Crippen molar-refractivity contribution in [2.45, 2.75) is 19.6 Å². The van der Waals surface area contributed by atoms with Gasteiger partial charge in [-0.3, -0.25) is 9.78 Å². The van der Waals surface area contributed by atoms with Gasteiger partial charge in [-0.1, -0.05) is 24.3 Å². The Bertz CT molecular complexity index is 802. The number of benzene rings is 2.